The lowest BCUT2D eigenvalue weighted by atomic mass is 10.2. The van der Waals surface area contributed by atoms with E-state index in [1.807, 2.05) is 18.2 Å². The van der Waals surface area contributed by atoms with Crippen molar-refractivity contribution in [3.8, 4) is 0 Å². The summed E-state index contributed by atoms with van der Waals surface area (Å²) in [5.41, 5.74) is 1.41. The van der Waals surface area contributed by atoms with Crippen LogP contribution in [0.2, 0.25) is 5.02 Å². The number of benzene rings is 1. The van der Waals surface area contributed by atoms with Crippen molar-refractivity contribution in [1.29, 1.82) is 0 Å². The standard InChI is InChI=1S/C20H24ClN5O4S/c1-2-30-20(29)26-9-7-25(8-10-26)19(28)24-18-23-15(13-31-18)11-17(27)22-12-14-5-3-4-6-16(14)21/h3-6,13H,2,7-12H2,1H3,(H,22,27)(H,23,24,28). The van der Waals surface area contributed by atoms with Gasteiger partial charge < -0.3 is 19.9 Å². The van der Waals surface area contributed by atoms with E-state index in [1.54, 1.807) is 28.2 Å². The maximum atomic E-state index is 12.4. The highest BCUT2D eigenvalue weighted by Gasteiger charge is 2.25. The molecular formula is C20H24ClN5O4S. The van der Waals surface area contributed by atoms with Crippen LogP contribution < -0.4 is 10.6 Å². The summed E-state index contributed by atoms with van der Waals surface area (Å²) in [7, 11) is 0. The van der Waals surface area contributed by atoms with Gasteiger partial charge in [0.2, 0.25) is 5.91 Å². The van der Waals surface area contributed by atoms with E-state index in [1.165, 1.54) is 11.3 Å². The Labute approximate surface area is 189 Å². The molecule has 3 rings (SSSR count). The number of nitrogens with zero attached hydrogens (tertiary/aromatic N) is 3. The van der Waals surface area contributed by atoms with Crippen LogP contribution in [0.1, 0.15) is 18.2 Å². The molecule has 0 aliphatic carbocycles. The first-order valence-corrected chi connectivity index (χ1v) is 11.1. The van der Waals surface area contributed by atoms with Crippen molar-refractivity contribution in [2.45, 2.75) is 19.9 Å². The maximum Gasteiger partial charge on any atom is 0.409 e. The number of hydrogen-bond donors (Lipinski definition) is 2. The lowest BCUT2D eigenvalue weighted by Crippen LogP contribution is -2.51. The third kappa shape index (κ3) is 6.56. The van der Waals surface area contributed by atoms with Gasteiger partial charge in [-0.05, 0) is 18.6 Å². The maximum absolute atomic E-state index is 12.4. The summed E-state index contributed by atoms with van der Waals surface area (Å²) in [5, 5.41) is 8.33. The number of aromatic nitrogens is 1. The van der Waals surface area contributed by atoms with Gasteiger partial charge in [-0.1, -0.05) is 29.8 Å². The second kappa shape index (κ2) is 11.0. The zero-order valence-electron chi connectivity index (χ0n) is 17.1. The predicted octanol–water partition coefficient (Wildman–Crippen LogP) is 2.96. The minimum Gasteiger partial charge on any atom is -0.450 e. The number of rotatable bonds is 6. The Kier molecular flexibility index (Phi) is 8.07. The Hall–Kier alpha value is -2.85. The van der Waals surface area contributed by atoms with Crippen molar-refractivity contribution in [2.24, 2.45) is 0 Å². The first-order valence-electron chi connectivity index (χ1n) is 9.88. The first-order chi connectivity index (χ1) is 15.0. The molecule has 0 spiro atoms. The van der Waals surface area contributed by atoms with Crippen LogP contribution in [-0.2, 0) is 22.5 Å². The molecule has 2 N–H and O–H groups in total. The fraction of sp³-hybridized carbons (Fsp3) is 0.400. The summed E-state index contributed by atoms with van der Waals surface area (Å²) in [5.74, 6) is -0.182. The summed E-state index contributed by atoms with van der Waals surface area (Å²) in [4.78, 5) is 43.9. The third-order valence-corrected chi connectivity index (χ3v) is 5.81. The number of carbonyl (C=O) groups is 3. The van der Waals surface area contributed by atoms with E-state index in [-0.39, 0.29) is 24.5 Å². The molecule has 0 saturated carbocycles. The smallest absolute Gasteiger partial charge is 0.409 e. The van der Waals surface area contributed by atoms with Crippen LogP contribution in [-0.4, -0.2) is 65.6 Å². The number of hydrogen-bond acceptors (Lipinski definition) is 6. The molecule has 9 nitrogen and oxygen atoms in total. The number of halogens is 1. The highest BCUT2D eigenvalue weighted by atomic mass is 35.5. The van der Waals surface area contributed by atoms with Crippen molar-refractivity contribution in [1.82, 2.24) is 20.1 Å². The molecule has 11 heteroatoms. The van der Waals surface area contributed by atoms with Gasteiger partial charge in [0.25, 0.3) is 0 Å². The number of anilines is 1. The summed E-state index contributed by atoms with van der Waals surface area (Å²) in [6.07, 6.45) is -0.255. The number of piperazine rings is 1. The van der Waals surface area contributed by atoms with E-state index >= 15 is 0 Å². The second-order valence-electron chi connectivity index (χ2n) is 6.79. The highest BCUT2D eigenvalue weighted by molar-refractivity contribution is 7.13. The number of ether oxygens (including phenoxy) is 1. The second-order valence-corrected chi connectivity index (χ2v) is 8.06. The number of urea groups is 1. The van der Waals surface area contributed by atoms with E-state index in [4.69, 9.17) is 16.3 Å². The summed E-state index contributed by atoms with van der Waals surface area (Å²) >= 11 is 7.35. The van der Waals surface area contributed by atoms with Gasteiger partial charge in [0.15, 0.2) is 5.13 Å². The highest BCUT2D eigenvalue weighted by Crippen LogP contribution is 2.18. The SMILES string of the molecule is CCOC(=O)N1CCN(C(=O)Nc2nc(CC(=O)NCc3ccccc3Cl)cs2)CC1. The summed E-state index contributed by atoms with van der Waals surface area (Å²) < 4.78 is 4.98. The summed E-state index contributed by atoms with van der Waals surface area (Å²) in [6, 6.07) is 7.03. The topological polar surface area (TPSA) is 104 Å². The van der Waals surface area contributed by atoms with Crippen LogP contribution in [0.25, 0.3) is 0 Å². The van der Waals surface area contributed by atoms with E-state index in [9.17, 15) is 14.4 Å². The fourth-order valence-corrected chi connectivity index (χ4v) is 3.89. The minimum absolute atomic E-state index is 0.106. The molecule has 166 valence electrons. The van der Waals surface area contributed by atoms with Crippen molar-refractivity contribution < 1.29 is 19.1 Å². The molecule has 1 aromatic carbocycles. The normalized spacial score (nSPS) is 13.6. The minimum atomic E-state index is -0.361. The number of nitrogens with one attached hydrogen (secondary N) is 2. The van der Waals surface area contributed by atoms with Gasteiger partial charge in [0.1, 0.15) is 0 Å². The van der Waals surface area contributed by atoms with Crippen LogP contribution in [0.15, 0.2) is 29.6 Å². The molecule has 0 bridgehead atoms. The molecular weight excluding hydrogens is 442 g/mol. The molecule has 2 aromatic rings. The molecule has 1 aliphatic rings. The largest absolute Gasteiger partial charge is 0.450 e. The molecule has 1 aromatic heterocycles. The Morgan fingerprint density at radius 1 is 1.16 bits per heavy atom. The number of amides is 4. The van der Waals surface area contributed by atoms with Gasteiger partial charge >= 0.3 is 12.1 Å². The van der Waals surface area contributed by atoms with E-state index in [0.29, 0.717) is 55.2 Å². The Morgan fingerprint density at radius 3 is 2.58 bits per heavy atom. The molecule has 0 radical (unpaired) electrons. The molecule has 0 atom stereocenters. The molecule has 4 amide bonds. The van der Waals surface area contributed by atoms with Crippen molar-refractivity contribution >= 4 is 46.1 Å². The van der Waals surface area contributed by atoms with Crippen LogP contribution in [0, 0.1) is 0 Å². The molecule has 31 heavy (non-hydrogen) atoms. The first kappa shape index (κ1) is 22.8. The van der Waals surface area contributed by atoms with Crippen LogP contribution >= 0.6 is 22.9 Å². The molecule has 2 heterocycles. The van der Waals surface area contributed by atoms with Gasteiger partial charge in [-0.2, -0.15) is 0 Å². The zero-order chi connectivity index (χ0) is 22.2. The average molecular weight is 466 g/mol. The number of carbonyl (C=O) groups excluding carboxylic acids is 3. The number of thiazole rings is 1. The van der Waals surface area contributed by atoms with Gasteiger partial charge in [0.05, 0.1) is 18.7 Å². The van der Waals surface area contributed by atoms with Crippen molar-refractivity contribution in [2.75, 3.05) is 38.1 Å². The third-order valence-electron chi connectivity index (χ3n) is 4.63. The van der Waals surface area contributed by atoms with E-state index in [0.717, 1.165) is 5.56 Å². The fourth-order valence-electron chi connectivity index (χ4n) is 2.99. The Balaban J connectivity index is 1.43. The zero-order valence-corrected chi connectivity index (χ0v) is 18.7. The van der Waals surface area contributed by atoms with E-state index < -0.39 is 0 Å². The Bertz CT molecular complexity index is 930. The van der Waals surface area contributed by atoms with Gasteiger partial charge in [-0.15, -0.1) is 11.3 Å². The van der Waals surface area contributed by atoms with Crippen LogP contribution in [0.4, 0.5) is 14.7 Å². The molecule has 1 aliphatic heterocycles. The monoisotopic (exact) mass is 465 g/mol. The van der Waals surface area contributed by atoms with E-state index in [2.05, 4.69) is 15.6 Å². The summed E-state index contributed by atoms with van der Waals surface area (Å²) in [6.45, 7) is 4.07. The van der Waals surface area contributed by atoms with Crippen molar-refractivity contribution in [3.05, 3.63) is 45.9 Å². The van der Waals surface area contributed by atoms with Gasteiger partial charge in [-0.25, -0.2) is 14.6 Å². The van der Waals surface area contributed by atoms with Crippen LogP contribution in [0.5, 0.6) is 0 Å². The molecule has 1 saturated heterocycles. The quantitative estimate of drug-likeness (QED) is 0.682. The molecule has 1 fully saturated rings. The lowest BCUT2D eigenvalue weighted by Gasteiger charge is -2.33. The average Bonchev–Trinajstić information content (AvgIpc) is 3.20. The molecule has 0 unspecified atom stereocenters. The van der Waals surface area contributed by atoms with Gasteiger partial charge in [0, 0.05) is 43.1 Å². The van der Waals surface area contributed by atoms with Gasteiger partial charge in [-0.3, -0.25) is 10.1 Å². The van der Waals surface area contributed by atoms with Crippen LogP contribution in [0.3, 0.4) is 0 Å². The Morgan fingerprint density at radius 2 is 1.87 bits per heavy atom. The van der Waals surface area contributed by atoms with Crippen molar-refractivity contribution in [3.63, 3.8) is 0 Å². The lowest BCUT2D eigenvalue weighted by molar-refractivity contribution is -0.120. The predicted molar refractivity (Wildman–Crippen MR) is 118 cm³/mol.